The number of amides is 1. The van der Waals surface area contributed by atoms with Gasteiger partial charge in [-0.2, -0.15) is 0 Å². The Balaban J connectivity index is 0.00000544. The van der Waals surface area contributed by atoms with Gasteiger partial charge < -0.3 is 23.5 Å². The van der Waals surface area contributed by atoms with Crippen LogP contribution in [0.1, 0.15) is 34.1 Å². The molecule has 2 rings (SSSR count). The van der Waals surface area contributed by atoms with Crippen molar-refractivity contribution in [3.63, 3.8) is 0 Å². The summed E-state index contributed by atoms with van der Waals surface area (Å²) in [4.78, 5) is 13.8. The van der Waals surface area contributed by atoms with E-state index in [4.69, 9.17) is 13.3 Å². The van der Waals surface area contributed by atoms with Crippen LogP contribution in [0.4, 0.5) is 17.1 Å². The molecule has 2 aromatic rings. The minimum atomic E-state index is -2.78. The summed E-state index contributed by atoms with van der Waals surface area (Å²) in [5, 5.41) is 2.79. The standard InChI is InChI=1S/C25H36N2O4Si.HI/c1-6-25(28)26-22-15-17-24(18-16-22)27(23-13-11-10-12-14-23)20-19-21(5)32(29-7-2,30-8-3)31-9-4;/h6,10-18,21H,1,7-9,19-20H2,2-5H3,(H,26,28);1H. The first kappa shape index (κ1) is 29.3. The van der Waals surface area contributed by atoms with Gasteiger partial charge in [-0.25, -0.2) is 0 Å². The van der Waals surface area contributed by atoms with E-state index in [1.54, 1.807) is 0 Å². The molecule has 0 aliphatic carbocycles. The van der Waals surface area contributed by atoms with Gasteiger partial charge in [-0.05, 0) is 69.7 Å². The lowest BCUT2D eigenvalue weighted by atomic mass is 10.2. The van der Waals surface area contributed by atoms with E-state index in [1.807, 2.05) is 63.2 Å². The number of benzene rings is 2. The molecule has 0 bridgehead atoms. The molecule has 0 aromatic heterocycles. The Hall–Kier alpha value is -1.72. The molecular formula is C25H37IN2O4Si. The highest BCUT2D eigenvalue weighted by atomic mass is 127. The maximum atomic E-state index is 11.6. The lowest BCUT2D eigenvalue weighted by Crippen LogP contribution is -2.50. The molecule has 2 aromatic carbocycles. The molecule has 0 radical (unpaired) electrons. The van der Waals surface area contributed by atoms with Crippen molar-refractivity contribution in [1.29, 1.82) is 0 Å². The summed E-state index contributed by atoms with van der Waals surface area (Å²) in [7, 11) is -2.78. The number of rotatable bonds is 14. The monoisotopic (exact) mass is 584 g/mol. The fourth-order valence-electron chi connectivity index (χ4n) is 3.59. The van der Waals surface area contributed by atoms with Crippen LogP contribution >= 0.6 is 24.0 Å². The van der Waals surface area contributed by atoms with Crippen LogP contribution < -0.4 is 10.2 Å². The third-order valence-electron chi connectivity index (χ3n) is 5.13. The SMILES string of the molecule is C=CC(=O)Nc1ccc(N(CCC(C)[Si](OCC)(OCC)OCC)c2ccccc2)cc1.I. The van der Waals surface area contributed by atoms with Crippen LogP contribution in [0, 0.1) is 0 Å². The number of anilines is 3. The van der Waals surface area contributed by atoms with E-state index in [0.717, 1.165) is 30.0 Å². The van der Waals surface area contributed by atoms with Crippen LogP contribution in [0.5, 0.6) is 0 Å². The highest BCUT2D eigenvalue weighted by molar-refractivity contribution is 14.0. The number of hydrogen-bond donors (Lipinski definition) is 1. The van der Waals surface area contributed by atoms with Crippen LogP contribution in [-0.4, -0.2) is 41.1 Å². The zero-order valence-corrected chi connectivity index (χ0v) is 23.4. The van der Waals surface area contributed by atoms with Crippen LogP contribution in [0.2, 0.25) is 5.54 Å². The van der Waals surface area contributed by atoms with Gasteiger partial charge in [0, 0.05) is 49.0 Å². The lowest BCUT2D eigenvalue weighted by molar-refractivity contribution is -0.111. The number of para-hydroxylation sites is 1. The van der Waals surface area contributed by atoms with Crippen molar-refractivity contribution < 1.29 is 18.1 Å². The topological polar surface area (TPSA) is 60.0 Å². The molecule has 1 amide bonds. The highest BCUT2D eigenvalue weighted by Crippen LogP contribution is 2.32. The van der Waals surface area contributed by atoms with E-state index in [1.165, 1.54) is 6.08 Å². The summed E-state index contributed by atoms with van der Waals surface area (Å²) in [6.07, 6.45) is 2.10. The molecule has 0 aliphatic heterocycles. The van der Waals surface area contributed by atoms with Gasteiger partial charge in [-0.3, -0.25) is 4.79 Å². The third-order valence-corrected chi connectivity index (χ3v) is 8.69. The maximum Gasteiger partial charge on any atom is 0.503 e. The summed E-state index contributed by atoms with van der Waals surface area (Å²) in [5.41, 5.74) is 3.01. The summed E-state index contributed by atoms with van der Waals surface area (Å²) < 4.78 is 18.3. The minimum Gasteiger partial charge on any atom is -0.374 e. The van der Waals surface area contributed by atoms with E-state index in [2.05, 4.69) is 35.9 Å². The summed E-state index contributed by atoms with van der Waals surface area (Å²) in [6.45, 7) is 14.1. The minimum absolute atomic E-state index is 0. The first-order valence-electron chi connectivity index (χ1n) is 11.3. The second-order valence-electron chi connectivity index (χ2n) is 7.32. The Morgan fingerprint density at radius 3 is 1.97 bits per heavy atom. The van der Waals surface area contributed by atoms with Crippen molar-refractivity contribution in [3.8, 4) is 0 Å². The number of nitrogens with one attached hydrogen (secondary N) is 1. The third kappa shape index (κ3) is 8.53. The fraction of sp³-hybridized carbons (Fsp3) is 0.400. The number of nitrogens with zero attached hydrogens (tertiary/aromatic N) is 1. The van der Waals surface area contributed by atoms with Crippen LogP contribution in [0.25, 0.3) is 0 Å². The van der Waals surface area contributed by atoms with Crippen molar-refractivity contribution in [3.05, 3.63) is 67.3 Å². The van der Waals surface area contributed by atoms with Crippen molar-refractivity contribution >= 4 is 55.8 Å². The molecule has 1 atom stereocenters. The second-order valence-corrected chi connectivity index (χ2v) is 10.4. The molecule has 33 heavy (non-hydrogen) atoms. The summed E-state index contributed by atoms with van der Waals surface area (Å²) in [6, 6.07) is 18.1. The van der Waals surface area contributed by atoms with Gasteiger partial charge in [-0.1, -0.05) is 31.7 Å². The molecule has 8 heteroatoms. The van der Waals surface area contributed by atoms with Crippen LogP contribution in [0.15, 0.2) is 67.3 Å². The average molecular weight is 585 g/mol. The average Bonchev–Trinajstić information content (AvgIpc) is 2.81. The molecule has 182 valence electrons. The fourth-order valence-corrected chi connectivity index (χ4v) is 6.38. The second kappa shape index (κ2) is 15.2. The molecule has 0 heterocycles. The maximum absolute atomic E-state index is 11.6. The van der Waals surface area contributed by atoms with E-state index in [0.29, 0.717) is 19.8 Å². The smallest absolute Gasteiger partial charge is 0.374 e. The molecule has 0 fully saturated rings. The Kier molecular flexibility index (Phi) is 13.5. The zero-order valence-electron chi connectivity index (χ0n) is 20.1. The molecule has 0 aliphatic rings. The normalized spacial score (nSPS) is 11.9. The van der Waals surface area contributed by atoms with Crippen molar-refractivity contribution in [2.75, 3.05) is 36.6 Å². The number of carbonyl (C=O) groups is 1. The largest absolute Gasteiger partial charge is 0.503 e. The molecule has 1 unspecified atom stereocenters. The summed E-state index contributed by atoms with van der Waals surface area (Å²) >= 11 is 0. The summed E-state index contributed by atoms with van der Waals surface area (Å²) in [5.74, 6) is -0.226. The number of hydrogen-bond acceptors (Lipinski definition) is 5. The van der Waals surface area contributed by atoms with Gasteiger partial charge in [0.1, 0.15) is 0 Å². The lowest BCUT2D eigenvalue weighted by Gasteiger charge is -2.35. The van der Waals surface area contributed by atoms with Gasteiger partial charge in [0.2, 0.25) is 5.91 Å². The quantitative estimate of drug-likeness (QED) is 0.158. The van der Waals surface area contributed by atoms with Gasteiger partial charge in [0.25, 0.3) is 0 Å². The predicted molar refractivity (Wildman–Crippen MR) is 149 cm³/mol. The van der Waals surface area contributed by atoms with Crippen molar-refractivity contribution in [2.24, 2.45) is 0 Å². The Bertz CT molecular complexity index is 819. The van der Waals surface area contributed by atoms with Gasteiger partial charge >= 0.3 is 8.80 Å². The molecule has 0 saturated carbocycles. The Labute approximate surface area is 216 Å². The molecule has 1 N–H and O–H groups in total. The number of carbonyl (C=O) groups excluding carboxylic acids is 1. The van der Waals surface area contributed by atoms with Crippen LogP contribution in [0.3, 0.4) is 0 Å². The predicted octanol–water partition coefficient (Wildman–Crippen LogP) is 6.40. The van der Waals surface area contributed by atoms with Crippen molar-refractivity contribution in [1.82, 2.24) is 0 Å². The van der Waals surface area contributed by atoms with Crippen LogP contribution in [-0.2, 0) is 18.1 Å². The number of halogens is 1. The highest BCUT2D eigenvalue weighted by Gasteiger charge is 2.46. The van der Waals surface area contributed by atoms with E-state index in [9.17, 15) is 4.79 Å². The van der Waals surface area contributed by atoms with Gasteiger partial charge in [0.15, 0.2) is 0 Å². The first-order valence-corrected chi connectivity index (χ1v) is 13.1. The molecule has 0 spiro atoms. The molecule has 6 nitrogen and oxygen atoms in total. The van der Waals surface area contributed by atoms with E-state index >= 15 is 0 Å². The first-order chi connectivity index (χ1) is 15.5. The molecular weight excluding hydrogens is 547 g/mol. The zero-order chi connectivity index (χ0) is 23.4. The van der Waals surface area contributed by atoms with Gasteiger partial charge in [-0.15, -0.1) is 24.0 Å². The Morgan fingerprint density at radius 2 is 1.48 bits per heavy atom. The molecule has 0 saturated heterocycles. The van der Waals surface area contributed by atoms with E-state index in [-0.39, 0.29) is 35.4 Å². The Morgan fingerprint density at radius 1 is 0.970 bits per heavy atom. The van der Waals surface area contributed by atoms with Crippen molar-refractivity contribution in [2.45, 2.75) is 39.7 Å². The van der Waals surface area contributed by atoms with E-state index < -0.39 is 8.80 Å². The van der Waals surface area contributed by atoms with Gasteiger partial charge in [0.05, 0.1) is 0 Å².